The summed E-state index contributed by atoms with van der Waals surface area (Å²) in [5.74, 6) is -0.0553. The molecule has 7 nitrogen and oxygen atoms in total. The normalized spacial score (nSPS) is 10.1. The van der Waals surface area contributed by atoms with Crippen LogP contribution in [0.1, 0.15) is 32.3 Å². The zero-order chi connectivity index (χ0) is 19.4. The third kappa shape index (κ3) is 8.50. The summed E-state index contributed by atoms with van der Waals surface area (Å²) in [6, 6.07) is 7.60. The summed E-state index contributed by atoms with van der Waals surface area (Å²) in [6.07, 6.45) is 1.60. The second-order valence-corrected chi connectivity index (χ2v) is 5.83. The Kier molecular flexibility index (Phi) is 9.82. The number of carbonyl (C=O) groups excluding carboxylic acids is 3. The van der Waals surface area contributed by atoms with Crippen LogP contribution in [0.15, 0.2) is 24.3 Å². The van der Waals surface area contributed by atoms with Crippen molar-refractivity contribution in [2.75, 3.05) is 33.4 Å². The van der Waals surface area contributed by atoms with Gasteiger partial charge in [-0.2, -0.15) is 0 Å². The maximum absolute atomic E-state index is 12.5. The summed E-state index contributed by atoms with van der Waals surface area (Å²) < 4.78 is 10.2. The van der Waals surface area contributed by atoms with Gasteiger partial charge < -0.3 is 19.7 Å². The Hall–Kier alpha value is -2.57. The number of benzene rings is 1. The number of ether oxygens (including phenoxy) is 2. The molecule has 1 aromatic rings. The second kappa shape index (κ2) is 11.9. The van der Waals surface area contributed by atoms with Gasteiger partial charge in [-0.3, -0.25) is 14.4 Å². The molecule has 144 valence electrons. The summed E-state index contributed by atoms with van der Waals surface area (Å²) in [4.78, 5) is 36.3. The molecule has 0 fully saturated rings. The number of hydrogen-bond donors (Lipinski definition) is 1. The highest BCUT2D eigenvalue weighted by Crippen LogP contribution is 2.13. The number of nitrogens with one attached hydrogen (secondary N) is 1. The van der Waals surface area contributed by atoms with Gasteiger partial charge in [-0.1, -0.05) is 19.1 Å². The van der Waals surface area contributed by atoms with Crippen LogP contribution >= 0.6 is 0 Å². The molecule has 0 bridgehead atoms. The first kappa shape index (κ1) is 21.5. The summed E-state index contributed by atoms with van der Waals surface area (Å²) in [7, 11) is 1.31. The minimum Gasteiger partial charge on any atom is -0.484 e. The lowest BCUT2D eigenvalue weighted by Gasteiger charge is -2.22. The average Bonchev–Trinajstić information content (AvgIpc) is 2.65. The van der Waals surface area contributed by atoms with E-state index in [1.165, 1.54) is 14.0 Å². The van der Waals surface area contributed by atoms with Gasteiger partial charge in [0.1, 0.15) is 5.75 Å². The van der Waals surface area contributed by atoms with Crippen molar-refractivity contribution in [3.63, 3.8) is 0 Å². The second-order valence-electron chi connectivity index (χ2n) is 5.83. The average molecular weight is 364 g/mol. The number of rotatable bonds is 11. The third-order valence-electron chi connectivity index (χ3n) is 3.81. The van der Waals surface area contributed by atoms with Crippen LogP contribution in [0.5, 0.6) is 5.75 Å². The molecule has 0 heterocycles. The van der Waals surface area contributed by atoms with Gasteiger partial charge in [0.15, 0.2) is 6.61 Å². The third-order valence-corrected chi connectivity index (χ3v) is 3.81. The molecule has 0 aliphatic heterocycles. The van der Waals surface area contributed by atoms with Crippen LogP contribution in [0.3, 0.4) is 0 Å². The Morgan fingerprint density at radius 3 is 2.62 bits per heavy atom. The molecule has 0 saturated carbocycles. The summed E-state index contributed by atoms with van der Waals surface area (Å²) in [5.41, 5.74) is 1.13. The standard InChI is InChI=1S/C19H28N2O5/c1-4-16-7-5-8-17(13-16)26-14-18(23)21(12-9-19(24)25-3)11-6-10-20-15(2)22/h5,7-8,13H,4,6,9-12,14H2,1-3H3,(H,20,22). The maximum Gasteiger partial charge on any atom is 0.307 e. The van der Waals surface area contributed by atoms with Gasteiger partial charge in [0.05, 0.1) is 13.5 Å². The fraction of sp³-hybridized carbons (Fsp3) is 0.526. The van der Waals surface area contributed by atoms with Crippen molar-refractivity contribution in [2.45, 2.75) is 33.1 Å². The van der Waals surface area contributed by atoms with Crippen LogP contribution in [-0.4, -0.2) is 56.0 Å². The van der Waals surface area contributed by atoms with Gasteiger partial charge in [0, 0.05) is 26.6 Å². The lowest BCUT2D eigenvalue weighted by molar-refractivity contribution is -0.142. The number of hydrogen-bond acceptors (Lipinski definition) is 5. The Bertz CT molecular complexity index is 603. The molecular weight excluding hydrogens is 336 g/mol. The largest absolute Gasteiger partial charge is 0.484 e. The van der Waals surface area contributed by atoms with Crippen LogP contribution in [-0.2, 0) is 25.5 Å². The van der Waals surface area contributed by atoms with E-state index in [1.807, 2.05) is 31.2 Å². The molecule has 0 saturated heterocycles. The predicted molar refractivity (Wildman–Crippen MR) is 97.8 cm³/mol. The maximum atomic E-state index is 12.5. The smallest absolute Gasteiger partial charge is 0.307 e. The van der Waals surface area contributed by atoms with E-state index in [9.17, 15) is 14.4 Å². The van der Waals surface area contributed by atoms with E-state index in [4.69, 9.17) is 4.74 Å². The highest BCUT2D eigenvalue weighted by Gasteiger charge is 2.16. The van der Waals surface area contributed by atoms with Crippen molar-refractivity contribution in [1.29, 1.82) is 0 Å². The first-order valence-corrected chi connectivity index (χ1v) is 8.77. The zero-order valence-corrected chi connectivity index (χ0v) is 15.7. The minimum atomic E-state index is -0.374. The Morgan fingerprint density at radius 1 is 1.19 bits per heavy atom. The molecule has 0 atom stereocenters. The molecule has 0 unspecified atom stereocenters. The molecule has 0 spiro atoms. The van der Waals surface area contributed by atoms with E-state index in [1.54, 1.807) is 4.90 Å². The zero-order valence-electron chi connectivity index (χ0n) is 15.7. The minimum absolute atomic E-state index is 0.103. The lowest BCUT2D eigenvalue weighted by atomic mass is 10.2. The van der Waals surface area contributed by atoms with Crippen LogP contribution < -0.4 is 10.1 Å². The van der Waals surface area contributed by atoms with Gasteiger partial charge in [-0.15, -0.1) is 0 Å². The van der Waals surface area contributed by atoms with Gasteiger partial charge in [-0.25, -0.2) is 0 Å². The molecule has 0 aromatic heterocycles. The van der Waals surface area contributed by atoms with Gasteiger partial charge >= 0.3 is 5.97 Å². The molecule has 1 aromatic carbocycles. The van der Waals surface area contributed by atoms with Crippen LogP contribution in [0, 0.1) is 0 Å². The molecule has 0 radical (unpaired) electrons. The number of esters is 1. The van der Waals surface area contributed by atoms with E-state index < -0.39 is 0 Å². The highest BCUT2D eigenvalue weighted by atomic mass is 16.5. The summed E-state index contributed by atoms with van der Waals surface area (Å²) >= 11 is 0. The molecule has 1 rings (SSSR count). The highest BCUT2D eigenvalue weighted by molar-refractivity contribution is 5.78. The summed E-state index contributed by atoms with van der Waals surface area (Å²) in [5, 5.41) is 2.69. The molecule has 0 aliphatic carbocycles. The predicted octanol–water partition coefficient (Wildman–Crippen LogP) is 1.55. The van der Waals surface area contributed by atoms with Gasteiger partial charge in [0.25, 0.3) is 5.91 Å². The SMILES string of the molecule is CCc1cccc(OCC(=O)N(CCCNC(C)=O)CCC(=O)OC)c1. The topological polar surface area (TPSA) is 84.9 Å². The van der Waals surface area contributed by atoms with Crippen LogP contribution in [0.25, 0.3) is 0 Å². The first-order valence-electron chi connectivity index (χ1n) is 8.77. The number of nitrogens with zero attached hydrogens (tertiary/aromatic N) is 1. The molecule has 2 amide bonds. The Morgan fingerprint density at radius 2 is 1.96 bits per heavy atom. The van der Waals surface area contributed by atoms with Crippen molar-refractivity contribution in [3.05, 3.63) is 29.8 Å². The first-order chi connectivity index (χ1) is 12.5. The van der Waals surface area contributed by atoms with Crippen molar-refractivity contribution in [2.24, 2.45) is 0 Å². The lowest BCUT2D eigenvalue weighted by Crippen LogP contribution is -2.38. The molecule has 0 aliphatic rings. The number of amides is 2. The monoisotopic (exact) mass is 364 g/mol. The number of aryl methyl sites for hydroxylation is 1. The Labute approximate surface area is 154 Å². The molecular formula is C19H28N2O5. The Balaban J connectivity index is 2.56. The molecule has 7 heteroatoms. The van der Waals surface area contributed by atoms with Crippen molar-refractivity contribution in [1.82, 2.24) is 10.2 Å². The fourth-order valence-electron chi connectivity index (χ4n) is 2.32. The van der Waals surface area contributed by atoms with Crippen LogP contribution in [0.2, 0.25) is 0 Å². The van der Waals surface area contributed by atoms with Crippen molar-refractivity contribution >= 4 is 17.8 Å². The van der Waals surface area contributed by atoms with E-state index in [-0.39, 0.29) is 37.4 Å². The van der Waals surface area contributed by atoms with E-state index in [0.717, 1.165) is 12.0 Å². The van der Waals surface area contributed by atoms with Gasteiger partial charge in [-0.05, 0) is 30.5 Å². The van der Waals surface area contributed by atoms with E-state index in [0.29, 0.717) is 25.3 Å². The number of carbonyl (C=O) groups is 3. The van der Waals surface area contributed by atoms with Crippen LogP contribution in [0.4, 0.5) is 0 Å². The van der Waals surface area contributed by atoms with Gasteiger partial charge in [0.2, 0.25) is 5.91 Å². The molecule has 1 N–H and O–H groups in total. The quantitative estimate of drug-likeness (QED) is 0.476. The van der Waals surface area contributed by atoms with E-state index in [2.05, 4.69) is 10.1 Å². The number of methoxy groups -OCH3 is 1. The van der Waals surface area contributed by atoms with Crippen molar-refractivity contribution in [3.8, 4) is 5.75 Å². The van der Waals surface area contributed by atoms with Crippen molar-refractivity contribution < 1.29 is 23.9 Å². The fourth-order valence-corrected chi connectivity index (χ4v) is 2.32. The molecule has 26 heavy (non-hydrogen) atoms. The summed E-state index contributed by atoms with van der Waals surface area (Å²) in [6.45, 7) is 4.54. The van der Waals surface area contributed by atoms with E-state index >= 15 is 0 Å².